The van der Waals surface area contributed by atoms with Crippen LogP contribution in [0.15, 0.2) is 12.7 Å². The van der Waals surface area contributed by atoms with Gasteiger partial charge in [-0.1, -0.05) is 39.0 Å². The zero-order chi connectivity index (χ0) is 42.8. The molecule has 3 rings (SSSR count). The molecule has 0 aromatic carbocycles. The molecule has 2 aromatic rings. The van der Waals surface area contributed by atoms with Crippen LogP contribution in [-0.4, -0.2) is 134 Å². The number of hydrogen-bond acceptors (Lipinski definition) is 19. The van der Waals surface area contributed by atoms with Crippen LogP contribution >= 0.6 is 35.2 Å². The second kappa shape index (κ2) is 21.2. The molecule has 0 radical (unpaired) electrons. The number of nitrogens with one attached hydrogen (secondary N) is 2. The molecule has 1 fully saturated rings. The molecule has 324 valence electrons. The van der Waals surface area contributed by atoms with E-state index in [1.165, 1.54) is 13.8 Å². The van der Waals surface area contributed by atoms with E-state index in [1.54, 1.807) is 0 Å². The Morgan fingerprint density at radius 2 is 1.70 bits per heavy atom. The molecule has 57 heavy (non-hydrogen) atoms. The van der Waals surface area contributed by atoms with Gasteiger partial charge < -0.3 is 56.0 Å². The highest BCUT2D eigenvalue weighted by molar-refractivity contribution is 8.13. The molecule has 0 spiro atoms. The second-order valence-corrected chi connectivity index (χ2v) is 18.7. The van der Waals surface area contributed by atoms with E-state index in [9.17, 15) is 63.0 Å². The van der Waals surface area contributed by atoms with Crippen LogP contribution in [0, 0.1) is 5.41 Å². The number of rotatable bonds is 24. The molecule has 0 bridgehead atoms. The number of anilines is 1. The molecule has 2 amide bonds. The molecular formula is C28H48N7O18P3S. The Morgan fingerprint density at radius 1 is 1.02 bits per heavy atom. The third kappa shape index (κ3) is 15.6. The Morgan fingerprint density at radius 3 is 2.37 bits per heavy atom. The molecule has 2 aromatic heterocycles. The maximum atomic E-state index is 12.7. The minimum absolute atomic E-state index is 0.0270. The Hall–Kier alpha value is -2.48. The molecule has 29 heteroatoms. The summed E-state index contributed by atoms with van der Waals surface area (Å²) in [5, 5.41) is 35.9. The monoisotopic (exact) mass is 895 g/mol. The number of nitrogens with zero attached hydrogens (tertiary/aromatic N) is 4. The second-order valence-electron chi connectivity index (χ2n) is 13.3. The van der Waals surface area contributed by atoms with Crippen molar-refractivity contribution >= 4 is 69.1 Å². The predicted molar refractivity (Wildman–Crippen MR) is 197 cm³/mol. The Kier molecular flexibility index (Phi) is 18.2. The summed E-state index contributed by atoms with van der Waals surface area (Å²) in [5.41, 5.74) is 4.24. The van der Waals surface area contributed by atoms with Gasteiger partial charge in [0.1, 0.15) is 36.3 Å². The van der Waals surface area contributed by atoms with E-state index >= 15 is 0 Å². The fourth-order valence-electron chi connectivity index (χ4n) is 5.13. The highest BCUT2D eigenvalue weighted by atomic mass is 32.2. The molecular weight excluding hydrogens is 847 g/mol. The fourth-order valence-corrected chi connectivity index (χ4v) is 8.65. The summed E-state index contributed by atoms with van der Waals surface area (Å²) in [6.45, 7) is 2.34. The number of phosphoric acid groups is 3. The van der Waals surface area contributed by atoms with Crippen LogP contribution in [0.2, 0.25) is 0 Å². The standard InChI is InChI=1S/C28H48N7O18P3S/c1-4-5-16(36)6-7-19(38)57-11-10-30-18(37)8-9-31-26(41)23(40)28(2,3)13-50-56(47,48)53-55(45,46)49-12-17-22(52-54(42,43)44)21(39)27(51-17)35-15-34-20-24(29)32-14-33-25(20)35/h14-17,21-23,27,36,39-40H,4-13H2,1-3H3,(H,30,37)(H,31,41)(H,45,46)(H,47,48)(H2,29,32,33)(H2,42,43,44). The van der Waals surface area contributed by atoms with Gasteiger partial charge in [-0.25, -0.2) is 28.6 Å². The number of aliphatic hydroxyl groups is 3. The lowest BCUT2D eigenvalue weighted by atomic mass is 9.87. The van der Waals surface area contributed by atoms with Crippen molar-refractivity contribution in [2.75, 3.05) is 37.8 Å². The Bertz CT molecular complexity index is 1830. The topological polar surface area (TPSA) is 384 Å². The first-order chi connectivity index (χ1) is 26.4. The summed E-state index contributed by atoms with van der Waals surface area (Å²) >= 11 is 1.02. The van der Waals surface area contributed by atoms with Crippen molar-refractivity contribution < 1.29 is 85.6 Å². The Balaban J connectivity index is 1.46. The van der Waals surface area contributed by atoms with E-state index in [4.69, 9.17) is 19.5 Å². The van der Waals surface area contributed by atoms with Crippen molar-refractivity contribution in [3.8, 4) is 0 Å². The zero-order valence-corrected chi connectivity index (χ0v) is 34.4. The summed E-state index contributed by atoms with van der Waals surface area (Å²) in [6, 6.07) is 0. The number of aliphatic hydroxyl groups excluding tert-OH is 3. The first kappa shape index (κ1) is 48.9. The van der Waals surface area contributed by atoms with Crippen molar-refractivity contribution in [3.63, 3.8) is 0 Å². The SMILES string of the molecule is CCCC(O)CCC(=O)SCCNC(=O)CCNC(=O)C(O)C(C)(C)COP(=O)(O)OP(=O)(O)OCC1OC(n2cnc3c(N)ncnc32)C(O)C1OP(=O)(O)O. The highest BCUT2D eigenvalue weighted by Gasteiger charge is 2.50. The zero-order valence-electron chi connectivity index (χ0n) is 30.9. The van der Waals surface area contributed by atoms with Crippen LogP contribution in [0.1, 0.15) is 59.1 Å². The predicted octanol–water partition coefficient (Wildman–Crippen LogP) is -0.394. The van der Waals surface area contributed by atoms with Crippen LogP contribution in [-0.2, 0) is 50.7 Å². The smallest absolute Gasteiger partial charge is 0.393 e. The van der Waals surface area contributed by atoms with Crippen LogP contribution in [0.5, 0.6) is 0 Å². The van der Waals surface area contributed by atoms with E-state index in [1.807, 2.05) is 6.92 Å². The van der Waals surface area contributed by atoms with Gasteiger partial charge in [0.15, 0.2) is 22.8 Å². The summed E-state index contributed by atoms with van der Waals surface area (Å²) in [4.78, 5) is 87.5. The maximum absolute atomic E-state index is 12.7. The molecule has 1 saturated heterocycles. The van der Waals surface area contributed by atoms with Gasteiger partial charge in [0.05, 0.1) is 25.6 Å². The van der Waals surface area contributed by atoms with Crippen molar-refractivity contribution in [1.82, 2.24) is 30.2 Å². The van der Waals surface area contributed by atoms with Crippen molar-refractivity contribution in [3.05, 3.63) is 12.7 Å². The van der Waals surface area contributed by atoms with Gasteiger partial charge >= 0.3 is 23.5 Å². The number of nitrogen functional groups attached to an aromatic ring is 1. The third-order valence-electron chi connectivity index (χ3n) is 8.07. The van der Waals surface area contributed by atoms with Gasteiger partial charge in [-0.2, -0.15) is 4.31 Å². The number of aromatic nitrogens is 4. The number of fused-ring (bicyclic) bond motifs is 1. The van der Waals surface area contributed by atoms with Gasteiger partial charge in [-0.05, 0) is 12.8 Å². The van der Waals surface area contributed by atoms with Gasteiger partial charge in [0.2, 0.25) is 11.8 Å². The number of thioether (sulfide) groups is 1. The first-order valence-electron chi connectivity index (χ1n) is 17.2. The lowest BCUT2D eigenvalue weighted by Crippen LogP contribution is -2.46. The normalized spacial score (nSPS) is 22.1. The van der Waals surface area contributed by atoms with Crippen LogP contribution in [0.3, 0.4) is 0 Å². The summed E-state index contributed by atoms with van der Waals surface area (Å²) in [7, 11) is -16.4. The number of carbonyl (C=O) groups excluding carboxylic acids is 3. The number of nitrogens with two attached hydrogens (primary N) is 1. The van der Waals surface area contributed by atoms with E-state index in [-0.39, 0.29) is 48.0 Å². The number of imidazole rings is 1. The lowest BCUT2D eigenvalue weighted by Gasteiger charge is -2.30. The van der Waals surface area contributed by atoms with Gasteiger partial charge in [-0.15, -0.1) is 0 Å². The summed E-state index contributed by atoms with van der Waals surface area (Å²) < 4.78 is 62.1. The fraction of sp³-hybridized carbons (Fsp3) is 0.714. The number of amides is 2. The van der Waals surface area contributed by atoms with Crippen molar-refractivity contribution in [2.45, 2.75) is 89.6 Å². The van der Waals surface area contributed by atoms with Gasteiger partial charge in [-0.3, -0.25) is 32.5 Å². The minimum Gasteiger partial charge on any atom is -0.393 e. The van der Waals surface area contributed by atoms with E-state index in [0.29, 0.717) is 18.6 Å². The number of phosphoric ester groups is 3. The van der Waals surface area contributed by atoms with Crippen molar-refractivity contribution in [1.29, 1.82) is 0 Å². The average molecular weight is 896 g/mol. The molecule has 3 heterocycles. The van der Waals surface area contributed by atoms with Crippen molar-refractivity contribution in [2.24, 2.45) is 5.41 Å². The van der Waals surface area contributed by atoms with Gasteiger partial charge in [0.25, 0.3) is 0 Å². The average Bonchev–Trinajstić information content (AvgIpc) is 3.67. The molecule has 0 aliphatic carbocycles. The number of carbonyl (C=O) groups is 3. The minimum atomic E-state index is -5.58. The first-order valence-corrected chi connectivity index (χ1v) is 22.7. The molecule has 11 N–H and O–H groups in total. The number of ether oxygens (including phenoxy) is 1. The Labute approximate surface area is 329 Å². The largest absolute Gasteiger partial charge is 0.481 e. The van der Waals surface area contributed by atoms with Crippen LogP contribution in [0.25, 0.3) is 11.2 Å². The molecule has 8 atom stereocenters. The highest BCUT2D eigenvalue weighted by Crippen LogP contribution is 2.61. The molecule has 1 aliphatic rings. The summed E-state index contributed by atoms with van der Waals surface area (Å²) in [6.07, 6.45) is -5.51. The molecule has 25 nitrogen and oxygen atoms in total. The number of hydrogen-bond donors (Lipinski definition) is 10. The third-order valence-corrected chi connectivity index (χ3v) is 12.1. The lowest BCUT2D eigenvalue weighted by molar-refractivity contribution is -0.137. The van der Waals surface area contributed by atoms with Gasteiger partial charge in [0, 0.05) is 37.1 Å². The van der Waals surface area contributed by atoms with E-state index in [2.05, 4.69) is 34.4 Å². The van der Waals surface area contributed by atoms with Crippen LogP contribution < -0.4 is 16.4 Å². The molecule has 0 saturated carbocycles. The summed E-state index contributed by atoms with van der Waals surface area (Å²) in [5.74, 6) is -1.19. The van der Waals surface area contributed by atoms with E-state index < -0.39 is 90.7 Å². The maximum Gasteiger partial charge on any atom is 0.481 e. The molecule has 1 aliphatic heterocycles. The quantitative estimate of drug-likeness (QED) is 0.0473. The molecule has 8 unspecified atom stereocenters. The van der Waals surface area contributed by atoms with Crippen LogP contribution in [0.4, 0.5) is 5.82 Å². The van der Waals surface area contributed by atoms with E-state index in [0.717, 1.165) is 35.4 Å².